The number of thiophene rings is 1. The molecule has 0 aliphatic heterocycles. The van der Waals surface area contributed by atoms with Crippen molar-refractivity contribution in [1.29, 1.82) is 0 Å². The van der Waals surface area contributed by atoms with Gasteiger partial charge in [-0.1, -0.05) is 0 Å². The molecule has 1 aromatic rings. The molecular formula is C8H8O4S2. The first-order chi connectivity index (χ1) is 6.60. The van der Waals surface area contributed by atoms with Crippen molar-refractivity contribution in [3.05, 3.63) is 16.5 Å². The Morgan fingerprint density at radius 3 is 2.36 bits per heavy atom. The highest BCUT2D eigenvalue weighted by Gasteiger charge is 2.21. The van der Waals surface area contributed by atoms with Gasteiger partial charge in [0.25, 0.3) is 0 Å². The van der Waals surface area contributed by atoms with E-state index in [0.717, 1.165) is 11.3 Å². The summed E-state index contributed by atoms with van der Waals surface area (Å²) in [7, 11) is 2.50. The van der Waals surface area contributed by atoms with E-state index in [1.807, 2.05) is 0 Å². The number of hydrogen-bond donors (Lipinski definition) is 1. The molecule has 0 spiro atoms. The van der Waals surface area contributed by atoms with Gasteiger partial charge in [0, 0.05) is 0 Å². The van der Waals surface area contributed by atoms with Crippen molar-refractivity contribution in [2.45, 2.75) is 4.21 Å². The Hall–Kier alpha value is -1.01. The predicted octanol–water partition coefficient (Wildman–Crippen LogP) is 1.61. The standard InChI is InChI=1S/C8H8O4S2/c1-11-7(9)4-3-5(13)14-6(4)8(10)12-2/h3,13H,1-2H3. The van der Waals surface area contributed by atoms with Gasteiger partial charge in [-0.15, -0.1) is 24.0 Å². The molecule has 76 valence electrons. The van der Waals surface area contributed by atoms with Crippen LogP contribution in [0, 0.1) is 0 Å². The molecule has 14 heavy (non-hydrogen) atoms. The van der Waals surface area contributed by atoms with Gasteiger partial charge >= 0.3 is 11.9 Å². The summed E-state index contributed by atoms with van der Waals surface area (Å²) in [5.41, 5.74) is 0.189. The lowest BCUT2D eigenvalue weighted by molar-refractivity contribution is 0.0560. The van der Waals surface area contributed by atoms with Crippen molar-refractivity contribution in [1.82, 2.24) is 0 Å². The molecular weight excluding hydrogens is 224 g/mol. The van der Waals surface area contributed by atoms with Crippen LogP contribution in [-0.2, 0) is 9.47 Å². The summed E-state index contributed by atoms with van der Waals surface area (Å²) in [5.74, 6) is -1.13. The largest absolute Gasteiger partial charge is 0.465 e. The Morgan fingerprint density at radius 1 is 1.29 bits per heavy atom. The molecule has 0 amide bonds. The highest BCUT2D eigenvalue weighted by molar-refractivity contribution is 7.83. The highest BCUT2D eigenvalue weighted by atomic mass is 32.2. The number of methoxy groups -OCH3 is 2. The van der Waals surface area contributed by atoms with E-state index >= 15 is 0 Å². The summed E-state index contributed by atoms with van der Waals surface area (Å²) < 4.78 is 9.59. The average Bonchev–Trinajstić information content (AvgIpc) is 2.58. The first-order valence-corrected chi connectivity index (χ1v) is 4.86. The van der Waals surface area contributed by atoms with E-state index in [9.17, 15) is 9.59 Å². The van der Waals surface area contributed by atoms with Gasteiger partial charge in [-0.3, -0.25) is 0 Å². The van der Waals surface area contributed by atoms with Gasteiger partial charge in [0.15, 0.2) is 0 Å². The maximum absolute atomic E-state index is 11.2. The molecule has 0 saturated carbocycles. The molecule has 1 rings (SSSR count). The van der Waals surface area contributed by atoms with Crippen molar-refractivity contribution in [2.24, 2.45) is 0 Å². The molecule has 0 aromatic carbocycles. The number of ether oxygens (including phenoxy) is 2. The number of hydrogen-bond acceptors (Lipinski definition) is 6. The quantitative estimate of drug-likeness (QED) is 0.621. The number of thiol groups is 1. The van der Waals surface area contributed by atoms with E-state index in [1.165, 1.54) is 20.3 Å². The number of rotatable bonds is 2. The van der Waals surface area contributed by atoms with Crippen LogP contribution in [0.5, 0.6) is 0 Å². The van der Waals surface area contributed by atoms with Gasteiger partial charge in [-0.2, -0.15) is 0 Å². The van der Waals surface area contributed by atoms with Crippen LogP contribution in [-0.4, -0.2) is 26.2 Å². The van der Waals surface area contributed by atoms with Crippen molar-refractivity contribution >= 4 is 35.9 Å². The summed E-state index contributed by atoms with van der Waals surface area (Å²) in [6.07, 6.45) is 0. The molecule has 0 unspecified atom stereocenters. The van der Waals surface area contributed by atoms with E-state index in [2.05, 4.69) is 22.1 Å². The fourth-order valence-electron chi connectivity index (χ4n) is 0.884. The minimum absolute atomic E-state index is 0.189. The molecule has 0 bridgehead atoms. The molecule has 1 heterocycles. The smallest absolute Gasteiger partial charge is 0.348 e. The van der Waals surface area contributed by atoms with Gasteiger partial charge in [-0.05, 0) is 6.07 Å². The second-order valence-corrected chi connectivity index (χ2v) is 4.15. The molecule has 0 saturated heterocycles. The molecule has 0 N–H and O–H groups in total. The number of carbonyl (C=O) groups is 2. The normalized spacial score (nSPS) is 9.64. The Bertz CT molecular complexity index is 336. The molecule has 0 aliphatic carbocycles. The molecule has 1 aromatic heterocycles. The Balaban J connectivity index is 3.15. The highest BCUT2D eigenvalue weighted by Crippen LogP contribution is 2.26. The monoisotopic (exact) mass is 232 g/mol. The van der Waals surface area contributed by atoms with E-state index < -0.39 is 11.9 Å². The van der Waals surface area contributed by atoms with Crippen molar-refractivity contribution in [3.8, 4) is 0 Å². The maximum Gasteiger partial charge on any atom is 0.348 e. The lowest BCUT2D eigenvalue weighted by atomic mass is 10.2. The summed E-state index contributed by atoms with van der Waals surface area (Å²) >= 11 is 5.12. The van der Waals surface area contributed by atoms with Gasteiger partial charge in [0.05, 0.1) is 24.0 Å². The van der Waals surface area contributed by atoms with E-state index in [-0.39, 0.29) is 10.4 Å². The van der Waals surface area contributed by atoms with Gasteiger partial charge in [0.1, 0.15) is 4.88 Å². The lowest BCUT2D eigenvalue weighted by Gasteiger charge is -1.98. The topological polar surface area (TPSA) is 52.6 Å². The molecule has 0 atom stereocenters. The van der Waals surface area contributed by atoms with Crippen molar-refractivity contribution in [2.75, 3.05) is 14.2 Å². The zero-order valence-electron chi connectivity index (χ0n) is 7.57. The Kier molecular flexibility index (Phi) is 3.54. The summed E-state index contributed by atoms with van der Waals surface area (Å²) in [5, 5.41) is 0. The fourth-order valence-corrected chi connectivity index (χ4v) is 2.09. The third-order valence-electron chi connectivity index (χ3n) is 1.50. The van der Waals surface area contributed by atoms with Crippen LogP contribution in [0.1, 0.15) is 20.0 Å². The number of carbonyl (C=O) groups excluding carboxylic acids is 2. The fraction of sp³-hybridized carbons (Fsp3) is 0.250. The summed E-state index contributed by atoms with van der Waals surface area (Å²) in [6.45, 7) is 0. The van der Waals surface area contributed by atoms with Gasteiger partial charge < -0.3 is 9.47 Å². The van der Waals surface area contributed by atoms with Crippen LogP contribution in [0.15, 0.2) is 10.3 Å². The zero-order valence-corrected chi connectivity index (χ0v) is 9.28. The average molecular weight is 232 g/mol. The summed E-state index contributed by atoms with van der Waals surface area (Å²) in [4.78, 5) is 22.6. The first kappa shape index (κ1) is 11.1. The summed E-state index contributed by atoms with van der Waals surface area (Å²) in [6, 6.07) is 1.48. The zero-order chi connectivity index (χ0) is 10.7. The van der Waals surface area contributed by atoms with Crippen LogP contribution in [0.2, 0.25) is 0 Å². The first-order valence-electron chi connectivity index (χ1n) is 3.59. The minimum atomic E-state index is -0.568. The molecule has 6 heteroatoms. The van der Waals surface area contributed by atoms with Crippen LogP contribution >= 0.6 is 24.0 Å². The number of esters is 2. The minimum Gasteiger partial charge on any atom is -0.465 e. The van der Waals surface area contributed by atoms with Crippen LogP contribution in [0.3, 0.4) is 0 Å². The van der Waals surface area contributed by atoms with E-state index in [0.29, 0.717) is 4.21 Å². The third-order valence-corrected chi connectivity index (χ3v) is 2.82. The molecule has 0 aliphatic rings. The van der Waals surface area contributed by atoms with Crippen molar-refractivity contribution in [3.63, 3.8) is 0 Å². The van der Waals surface area contributed by atoms with E-state index in [1.54, 1.807) is 0 Å². The second kappa shape index (κ2) is 4.47. The SMILES string of the molecule is COC(=O)c1cc(S)sc1C(=O)OC. The third kappa shape index (κ3) is 2.08. The predicted molar refractivity (Wildman–Crippen MR) is 54.3 cm³/mol. The lowest BCUT2D eigenvalue weighted by Crippen LogP contribution is -2.08. The maximum atomic E-state index is 11.2. The van der Waals surface area contributed by atoms with Gasteiger partial charge in [-0.25, -0.2) is 9.59 Å². The van der Waals surface area contributed by atoms with Crippen LogP contribution < -0.4 is 0 Å². The van der Waals surface area contributed by atoms with Crippen molar-refractivity contribution < 1.29 is 19.1 Å². The Labute approximate surface area is 90.2 Å². The van der Waals surface area contributed by atoms with Crippen LogP contribution in [0.4, 0.5) is 0 Å². The molecule has 0 fully saturated rings. The van der Waals surface area contributed by atoms with E-state index in [4.69, 9.17) is 0 Å². The molecule has 0 radical (unpaired) electrons. The second-order valence-electron chi connectivity index (χ2n) is 2.31. The Morgan fingerprint density at radius 2 is 1.86 bits per heavy atom. The van der Waals surface area contributed by atoms with Gasteiger partial charge in [0.2, 0.25) is 0 Å². The van der Waals surface area contributed by atoms with Crippen LogP contribution in [0.25, 0.3) is 0 Å². The molecule has 4 nitrogen and oxygen atoms in total.